The molecule has 0 radical (unpaired) electrons. The molecule has 1 aromatic rings. The highest BCUT2D eigenvalue weighted by molar-refractivity contribution is 5.72. The topological polar surface area (TPSA) is 66.4 Å². The Morgan fingerprint density at radius 3 is 2.06 bits per heavy atom. The van der Waals surface area contributed by atoms with Crippen LogP contribution >= 0.6 is 0 Å². The molecule has 0 amide bonds. The third-order valence-electron chi connectivity index (χ3n) is 2.03. The number of ether oxygens (including phenoxy) is 1. The van der Waals surface area contributed by atoms with E-state index < -0.39 is 5.97 Å². The van der Waals surface area contributed by atoms with Gasteiger partial charge in [-0.25, -0.2) is 0 Å². The van der Waals surface area contributed by atoms with Crippen LogP contribution in [0.4, 0.5) is 0 Å². The van der Waals surface area contributed by atoms with Crippen molar-refractivity contribution in [3.8, 4) is 0 Å². The van der Waals surface area contributed by atoms with Crippen molar-refractivity contribution < 1.29 is 19.4 Å². The Kier molecular flexibility index (Phi) is 4.51. The van der Waals surface area contributed by atoms with Crippen molar-refractivity contribution >= 4 is 11.9 Å². The van der Waals surface area contributed by atoms with Gasteiger partial charge in [0.25, 0.3) is 0 Å². The maximum atomic E-state index is 11.1. The molecule has 0 aliphatic carbocycles. The molecule has 0 spiro atoms. The summed E-state index contributed by atoms with van der Waals surface area (Å²) in [7, 11) is 0. The van der Waals surface area contributed by atoms with Crippen molar-refractivity contribution in [1.82, 2.24) is 0 Å². The van der Waals surface area contributed by atoms with Crippen molar-refractivity contribution in [3.05, 3.63) is 35.4 Å². The summed E-state index contributed by atoms with van der Waals surface area (Å²) in [4.78, 5) is 21.5. The minimum Gasteiger partial charge on any atom is -0.550 e. The van der Waals surface area contributed by atoms with Crippen LogP contribution in [0.15, 0.2) is 24.3 Å². The fourth-order valence-electron chi connectivity index (χ4n) is 1.32. The summed E-state index contributed by atoms with van der Waals surface area (Å²) in [5.41, 5.74) is 1.47. The lowest BCUT2D eigenvalue weighted by Crippen LogP contribution is -2.24. The second-order valence-corrected chi connectivity index (χ2v) is 3.35. The van der Waals surface area contributed by atoms with Crippen LogP contribution in [0.2, 0.25) is 0 Å². The summed E-state index contributed by atoms with van der Waals surface area (Å²) in [6.45, 7) is 2.11. The number of hydrogen-bond donors (Lipinski definition) is 0. The predicted molar refractivity (Wildman–Crippen MR) is 55.5 cm³/mol. The van der Waals surface area contributed by atoms with Gasteiger partial charge in [-0.2, -0.15) is 0 Å². The summed E-state index contributed by atoms with van der Waals surface area (Å²) in [5, 5.41) is 10.3. The van der Waals surface area contributed by atoms with Crippen LogP contribution in [0.25, 0.3) is 0 Å². The number of carbonyl (C=O) groups excluding carboxylic acids is 2. The average Bonchev–Trinajstić information content (AvgIpc) is 2.20. The summed E-state index contributed by atoms with van der Waals surface area (Å²) in [6.07, 6.45) is 0.0964. The van der Waals surface area contributed by atoms with E-state index in [9.17, 15) is 14.7 Å². The molecule has 0 heterocycles. The number of carbonyl (C=O) groups is 2. The maximum Gasteiger partial charge on any atom is 0.310 e. The molecule has 0 N–H and O–H groups in total. The van der Waals surface area contributed by atoms with E-state index in [0.29, 0.717) is 12.2 Å². The summed E-state index contributed by atoms with van der Waals surface area (Å²) >= 11 is 0. The summed E-state index contributed by atoms with van der Waals surface area (Å²) in [6, 6.07) is 6.78. The Balaban J connectivity index is 2.57. The fraction of sp³-hybridized carbons (Fsp3) is 0.333. The molecule has 0 saturated heterocycles. The lowest BCUT2D eigenvalue weighted by atomic mass is 10.1. The number of aliphatic carboxylic acids is 1. The Bertz CT molecular complexity index is 367. The quantitative estimate of drug-likeness (QED) is 0.661. The molecule has 4 nitrogen and oxygen atoms in total. The number of benzene rings is 1. The molecule has 4 heteroatoms. The Morgan fingerprint density at radius 2 is 1.62 bits per heavy atom. The van der Waals surface area contributed by atoms with E-state index >= 15 is 0 Å². The van der Waals surface area contributed by atoms with Gasteiger partial charge in [-0.1, -0.05) is 24.3 Å². The van der Waals surface area contributed by atoms with Crippen LogP contribution < -0.4 is 5.11 Å². The highest BCUT2D eigenvalue weighted by Gasteiger charge is 2.03. The Labute approximate surface area is 93.9 Å². The van der Waals surface area contributed by atoms with Crippen molar-refractivity contribution in [1.29, 1.82) is 0 Å². The molecule has 0 aliphatic heterocycles. The third-order valence-corrected chi connectivity index (χ3v) is 2.03. The molecular formula is C12H13O4-. The zero-order valence-electron chi connectivity index (χ0n) is 9.06. The van der Waals surface area contributed by atoms with E-state index in [1.165, 1.54) is 0 Å². The van der Waals surface area contributed by atoms with Crippen LogP contribution in [0, 0.1) is 0 Å². The average molecular weight is 221 g/mol. The molecule has 0 bridgehead atoms. The van der Waals surface area contributed by atoms with Crippen LogP contribution in [-0.4, -0.2) is 18.5 Å². The van der Waals surface area contributed by atoms with Crippen LogP contribution in [0.5, 0.6) is 0 Å². The highest BCUT2D eigenvalue weighted by atomic mass is 16.5. The fourth-order valence-corrected chi connectivity index (χ4v) is 1.32. The van der Waals surface area contributed by atoms with Gasteiger partial charge < -0.3 is 14.6 Å². The van der Waals surface area contributed by atoms with E-state index in [2.05, 4.69) is 0 Å². The second kappa shape index (κ2) is 5.90. The van der Waals surface area contributed by atoms with E-state index in [1.807, 2.05) is 0 Å². The van der Waals surface area contributed by atoms with Gasteiger partial charge >= 0.3 is 5.97 Å². The van der Waals surface area contributed by atoms with Crippen LogP contribution in [-0.2, 0) is 27.2 Å². The van der Waals surface area contributed by atoms with Crippen molar-refractivity contribution in [2.45, 2.75) is 19.8 Å². The lowest BCUT2D eigenvalue weighted by Gasteiger charge is -2.05. The molecule has 0 atom stereocenters. The van der Waals surface area contributed by atoms with Crippen LogP contribution in [0.3, 0.4) is 0 Å². The number of esters is 1. The minimum atomic E-state index is -1.11. The normalized spacial score (nSPS) is 9.81. The van der Waals surface area contributed by atoms with Gasteiger partial charge in [0.2, 0.25) is 0 Å². The second-order valence-electron chi connectivity index (χ2n) is 3.35. The first-order valence-electron chi connectivity index (χ1n) is 5.05. The van der Waals surface area contributed by atoms with Crippen molar-refractivity contribution in [3.63, 3.8) is 0 Å². The van der Waals surface area contributed by atoms with Gasteiger partial charge in [-0.3, -0.25) is 4.79 Å². The molecule has 1 aromatic carbocycles. The molecule has 0 fully saturated rings. The molecule has 0 aromatic heterocycles. The molecule has 0 aliphatic rings. The van der Waals surface area contributed by atoms with Crippen molar-refractivity contribution in [2.75, 3.05) is 6.61 Å². The summed E-state index contributed by atoms with van der Waals surface area (Å²) < 4.78 is 4.80. The first kappa shape index (κ1) is 12.2. The van der Waals surface area contributed by atoms with E-state index in [1.54, 1.807) is 31.2 Å². The van der Waals surface area contributed by atoms with Gasteiger partial charge in [0.05, 0.1) is 13.0 Å². The molecule has 1 rings (SSSR count). The molecular weight excluding hydrogens is 208 g/mol. The van der Waals surface area contributed by atoms with E-state index in [-0.39, 0.29) is 18.8 Å². The van der Waals surface area contributed by atoms with E-state index in [0.717, 1.165) is 5.56 Å². The third kappa shape index (κ3) is 4.13. The number of carboxylic acids is 1. The zero-order valence-corrected chi connectivity index (χ0v) is 9.06. The Hall–Kier alpha value is -1.84. The Morgan fingerprint density at radius 1 is 1.12 bits per heavy atom. The largest absolute Gasteiger partial charge is 0.550 e. The summed E-state index contributed by atoms with van der Waals surface area (Å²) in [5.74, 6) is -1.40. The lowest BCUT2D eigenvalue weighted by molar-refractivity contribution is -0.304. The smallest absolute Gasteiger partial charge is 0.310 e. The minimum absolute atomic E-state index is 0.111. The number of rotatable bonds is 5. The predicted octanol–water partition coefficient (Wildman–Crippen LogP) is 0.0846. The maximum absolute atomic E-state index is 11.1. The van der Waals surface area contributed by atoms with Gasteiger partial charge in [0.15, 0.2) is 0 Å². The zero-order chi connectivity index (χ0) is 12.0. The number of carboxylic acid groups (broad SMARTS) is 1. The molecule has 86 valence electrons. The molecule has 16 heavy (non-hydrogen) atoms. The van der Waals surface area contributed by atoms with Gasteiger partial charge in [0.1, 0.15) is 0 Å². The molecule has 0 unspecified atom stereocenters. The monoisotopic (exact) mass is 221 g/mol. The van der Waals surface area contributed by atoms with E-state index in [4.69, 9.17) is 4.74 Å². The standard InChI is InChI=1S/C12H14O4/c1-2-16-12(15)8-10-5-3-9(4-6-10)7-11(13)14/h3-6H,2,7-8H2,1H3,(H,13,14)/p-1. The van der Waals surface area contributed by atoms with Crippen LogP contribution in [0.1, 0.15) is 18.1 Å². The number of hydrogen-bond acceptors (Lipinski definition) is 4. The van der Waals surface area contributed by atoms with Gasteiger partial charge in [-0.05, 0) is 18.1 Å². The van der Waals surface area contributed by atoms with Crippen molar-refractivity contribution in [2.24, 2.45) is 0 Å². The first-order chi connectivity index (χ1) is 7.61. The van der Waals surface area contributed by atoms with Gasteiger partial charge in [0, 0.05) is 12.4 Å². The SMILES string of the molecule is CCOC(=O)Cc1ccc(CC(=O)[O-])cc1. The highest BCUT2D eigenvalue weighted by Crippen LogP contribution is 2.06. The van der Waals surface area contributed by atoms with Gasteiger partial charge in [-0.15, -0.1) is 0 Å². The molecule has 0 saturated carbocycles. The first-order valence-corrected chi connectivity index (χ1v) is 5.05.